The monoisotopic (exact) mass is 985 g/mol. The Labute approximate surface area is 398 Å². The van der Waals surface area contributed by atoms with Crippen LogP contribution in [-0.2, 0) is 49.0 Å². The fourth-order valence-electron chi connectivity index (χ4n) is 7.17. The highest BCUT2D eigenvalue weighted by Crippen LogP contribution is 2.42. The van der Waals surface area contributed by atoms with Crippen LogP contribution in [0.15, 0.2) is 59.5 Å². The molecule has 0 aliphatic carbocycles. The van der Waals surface area contributed by atoms with E-state index in [0.29, 0.717) is 88.9 Å². The first-order chi connectivity index (χ1) is 33.3. The van der Waals surface area contributed by atoms with E-state index < -0.39 is 58.6 Å². The summed E-state index contributed by atoms with van der Waals surface area (Å²) in [5.41, 5.74) is 0.289. The Balaban J connectivity index is 0.748. The van der Waals surface area contributed by atoms with Crippen molar-refractivity contribution in [2.75, 3.05) is 105 Å². The number of nitriles is 1. The number of methoxy groups -OCH3 is 1. The van der Waals surface area contributed by atoms with Gasteiger partial charge in [0.15, 0.2) is 17.7 Å². The Hall–Kier alpha value is -6.10. The van der Waals surface area contributed by atoms with Gasteiger partial charge in [0.25, 0.3) is 17.1 Å². The summed E-state index contributed by atoms with van der Waals surface area (Å²) in [5.74, 6) is -2.53. The van der Waals surface area contributed by atoms with Crippen LogP contribution < -0.4 is 20.1 Å². The van der Waals surface area contributed by atoms with E-state index in [1.807, 2.05) is 0 Å². The maximum absolute atomic E-state index is 13.7. The predicted molar refractivity (Wildman–Crippen MR) is 239 cm³/mol. The van der Waals surface area contributed by atoms with Crippen molar-refractivity contribution in [2.24, 2.45) is 0 Å². The highest BCUT2D eigenvalue weighted by Gasteiger charge is 2.45. The summed E-state index contributed by atoms with van der Waals surface area (Å²) in [7, 11) is 1.30. The van der Waals surface area contributed by atoms with Gasteiger partial charge in [-0.1, -0.05) is 18.2 Å². The van der Waals surface area contributed by atoms with E-state index in [-0.39, 0.29) is 66.7 Å². The number of alkyl halides is 3. The van der Waals surface area contributed by atoms with Crippen LogP contribution in [0, 0.1) is 11.3 Å². The third-order valence-corrected chi connectivity index (χ3v) is 11.4. The second-order valence-corrected chi connectivity index (χ2v) is 16.1. The van der Waals surface area contributed by atoms with E-state index in [1.54, 1.807) is 24.3 Å². The van der Waals surface area contributed by atoms with Crippen LogP contribution in [0.25, 0.3) is 6.08 Å². The summed E-state index contributed by atoms with van der Waals surface area (Å²) in [6.45, 7) is 4.02. The van der Waals surface area contributed by atoms with Crippen molar-refractivity contribution in [1.29, 1.82) is 5.26 Å². The number of anilines is 1. The summed E-state index contributed by atoms with van der Waals surface area (Å²) in [6.07, 6.45) is -4.40. The maximum Gasteiger partial charge on any atom is 0.420 e. The zero-order chi connectivity index (χ0) is 49.3. The van der Waals surface area contributed by atoms with Crippen molar-refractivity contribution in [1.82, 2.24) is 15.1 Å². The van der Waals surface area contributed by atoms with Crippen LogP contribution in [0.1, 0.15) is 51.7 Å². The number of thioether (sulfide) groups is 1. The quantitative estimate of drug-likeness (QED) is 0.0525. The molecule has 0 bridgehead atoms. The lowest BCUT2D eigenvalue weighted by atomic mass is 10.0. The lowest BCUT2D eigenvalue weighted by Gasteiger charge is -2.31. The second kappa shape index (κ2) is 25.5. The molecule has 6 rings (SSSR count). The zero-order valence-electron chi connectivity index (χ0n) is 37.4. The van der Waals surface area contributed by atoms with Gasteiger partial charge in [0.2, 0.25) is 11.8 Å². The standard InChI is InChI=1S/C46H50F3N5O14S/c1-61-37-26-29(5-9-36(37)68-35-8-6-30(28-50)25-32(35)46(47,48)49)27-38-43(58)53(45(60)69-38)12-14-63-16-18-65-20-22-67-24-23-66-21-19-64-17-15-62-13-11-51-33-4-2-3-31-40(33)44(59)54(42(31)57)34-7-10-39(55)52-41(34)56/h2-6,8-9,25-27,34,42,51,57H,7,10-24H2,1H3,(H,52,55,56)/b38-27-. The molecule has 23 heteroatoms. The number of aliphatic hydroxyl groups is 1. The molecule has 2 unspecified atom stereocenters. The number of imide groups is 2. The number of rotatable bonds is 27. The van der Waals surface area contributed by atoms with Crippen LogP contribution in [-0.4, -0.2) is 149 Å². The van der Waals surface area contributed by atoms with E-state index in [0.717, 1.165) is 27.6 Å². The Bertz CT molecular complexity index is 2400. The smallest absolute Gasteiger partial charge is 0.420 e. The van der Waals surface area contributed by atoms with E-state index >= 15 is 0 Å². The first kappa shape index (κ1) is 52.3. The van der Waals surface area contributed by atoms with Gasteiger partial charge in [-0.25, -0.2) is 0 Å². The first-order valence-corrected chi connectivity index (χ1v) is 22.5. The van der Waals surface area contributed by atoms with Crippen molar-refractivity contribution in [2.45, 2.75) is 31.3 Å². The minimum absolute atomic E-state index is 0.0111. The lowest BCUT2D eigenvalue weighted by Crippen LogP contribution is -2.53. The molecule has 3 N–H and O–H groups in total. The largest absolute Gasteiger partial charge is 0.493 e. The van der Waals surface area contributed by atoms with Crippen LogP contribution >= 0.6 is 11.8 Å². The van der Waals surface area contributed by atoms with Crippen LogP contribution in [0.4, 0.5) is 23.7 Å². The van der Waals surface area contributed by atoms with Crippen molar-refractivity contribution in [3.8, 4) is 23.3 Å². The van der Waals surface area contributed by atoms with Gasteiger partial charge in [0.05, 0.1) is 121 Å². The number of piperidine rings is 1. The normalized spacial score (nSPS) is 17.7. The molecule has 3 aromatic rings. The molecule has 2 fully saturated rings. The second-order valence-electron chi connectivity index (χ2n) is 15.1. The molecule has 0 saturated carbocycles. The number of fused-ring (bicyclic) bond motifs is 1. The molecule has 0 spiro atoms. The molecule has 3 aliphatic heterocycles. The van der Waals surface area contributed by atoms with Gasteiger partial charge in [-0.2, -0.15) is 18.4 Å². The average Bonchev–Trinajstić information content (AvgIpc) is 3.74. The number of amides is 5. The van der Waals surface area contributed by atoms with E-state index in [4.69, 9.17) is 43.2 Å². The Morgan fingerprint density at radius 3 is 2.04 bits per heavy atom. The number of benzene rings is 3. The molecule has 69 heavy (non-hydrogen) atoms. The number of ether oxygens (including phenoxy) is 8. The molecule has 2 atom stereocenters. The van der Waals surface area contributed by atoms with Crippen molar-refractivity contribution in [3.05, 3.63) is 87.3 Å². The van der Waals surface area contributed by atoms with E-state index in [2.05, 4.69) is 10.6 Å². The van der Waals surface area contributed by atoms with Gasteiger partial charge in [-0.3, -0.25) is 39.1 Å². The summed E-state index contributed by atoms with van der Waals surface area (Å²) < 4.78 is 85.0. The molecule has 0 aromatic heterocycles. The molecule has 5 amide bonds. The number of hydrogen-bond acceptors (Lipinski definition) is 17. The number of carbonyl (C=O) groups excluding carboxylic acids is 5. The molecule has 0 radical (unpaired) electrons. The molecule has 2 saturated heterocycles. The van der Waals surface area contributed by atoms with Gasteiger partial charge in [-0.15, -0.1) is 0 Å². The zero-order valence-corrected chi connectivity index (χ0v) is 38.2. The SMILES string of the molecule is COc1cc(/C=C2\SC(=O)N(CCOCCOCCOCCOCCOCCOCCNc3cccc4c3C(=O)N(C3CCC(=O)NC3=O)C4O)C2=O)ccc1Oc1ccc(C#N)cc1C(F)(F)F. The highest BCUT2D eigenvalue weighted by atomic mass is 32.2. The Kier molecular flexibility index (Phi) is 19.3. The van der Waals surface area contributed by atoms with E-state index in [1.165, 1.54) is 37.5 Å². The fraction of sp³-hybridized carbons (Fsp3) is 0.435. The van der Waals surface area contributed by atoms with Gasteiger partial charge in [0, 0.05) is 24.2 Å². The van der Waals surface area contributed by atoms with Gasteiger partial charge in [0.1, 0.15) is 11.8 Å². The highest BCUT2D eigenvalue weighted by molar-refractivity contribution is 8.18. The van der Waals surface area contributed by atoms with Crippen molar-refractivity contribution < 1.29 is 80.1 Å². The maximum atomic E-state index is 13.7. The number of hydrogen-bond donors (Lipinski definition) is 3. The average molecular weight is 986 g/mol. The first-order valence-electron chi connectivity index (χ1n) is 21.7. The third-order valence-electron chi connectivity index (χ3n) is 10.5. The van der Waals surface area contributed by atoms with Crippen molar-refractivity contribution >= 4 is 52.4 Å². The van der Waals surface area contributed by atoms with Gasteiger partial charge >= 0.3 is 6.18 Å². The minimum atomic E-state index is -4.78. The fourth-order valence-corrected chi connectivity index (χ4v) is 8.03. The van der Waals surface area contributed by atoms with Gasteiger partial charge in [-0.05, 0) is 66.2 Å². The van der Waals surface area contributed by atoms with Crippen LogP contribution in [0.3, 0.4) is 0 Å². The predicted octanol–water partition coefficient (Wildman–Crippen LogP) is 4.88. The lowest BCUT2D eigenvalue weighted by molar-refractivity contribution is -0.140. The minimum Gasteiger partial charge on any atom is -0.493 e. The molecule has 370 valence electrons. The summed E-state index contributed by atoms with van der Waals surface area (Å²) in [6, 6.07) is 13.0. The third kappa shape index (κ3) is 14.2. The number of nitrogens with zero attached hydrogens (tertiary/aromatic N) is 3. The molecular weight excluding hydrogens is 936 g/mol. The van der Waals surface area contributed by atoms with Crippen LogP contribution in [0.2, 0.25) is 0 Å². The molecular formula is C46H50F3N5O14S. The molecule has 19 nitrogen and oxygen atoms in total. The molecule has 3 aromatic carbocycles. The number of halogens is 3. The Morgan fingerprint density at radius 2 is 1.43 bits per heavy atom. The summed E-state index contributed by atoms with van der Waals surface area (Å²) in [5, 5.41) is 24.8. The van der Waals surface area contributed by atoms with Crippen molar-refractivity contribution in [3.63, 3.8) is 0 Å². The molecule has 3 aliphatic rings. The topological polar surface area (TPSA) is 234 Å². The summed E-state index contributed by atoms with van der Waals surface area (Å²) >= 11 is 0.736. The number of nitrogens with one attached hydrogen (secondary N) is 2. The Morgan fingerprint density at radius 1 is 0.812 bits per heavy atom. The van der Waals surface area contributed by atoms with E-state index in [9.17, 15) is 42.3 Å². The molecule has 3 heterocycles. The summed E-state index contributed by atoms with van der Waals surface area (Å²) in [4.78, 5) is 65.1. The number of aliphatic hydroxyl groups excluding tert-OH is 1. The van der Waals surface area contributed by atoms with Gasteiger partial charge < -0.3 is 48.3 Å². The number of carbonyl (C=O) groups is 5. The van der Waals surface area contributed by atoms with Crippen LogP contribution in [0.5, 0.6) is 17.2 Å².